The van der Waals surface area contributed by atoms with E-state index < -0.39 is 0 Å². The molecular weight excluding hydrogens is 324 g/mol. The van der Waals surface area contributed by atoms with Gasteiger partial charge in [0, 0.05) is 33.1 Å². The fourth-order valence-electron chi connectivity index (χ4n) is 3.17. The highest BCUT2D eigenvalue weighted by Gasteiger charge is 2.29. The number of thiazole rings is 1. The van der Waals surface area contributed by atoms with E-state index in [1.165, 1.54) is 4.88 Å². The fraction of sp³-hybridized carbons (Fsp3) is 0.529. The lowest BCUT2D eigenvalue weighted by atomic mass is 9.96. The maximum atomic E-state index is 12.5. The number of ketones is 1. The molecule has 0 saturated carbocycles. The average molecular weight is 346 g/mol. The van der Waals surface area contributed by atoms with Crippen LogP contribution in [0, 0.1) is 6.92 Å². The van der Waals surface area contributed by atoms with Crippen molar-refractivity contribution in [2.45, 2.75) is 45.1 Å². The minimum absolute atomic E-state index is 0.0103. The van der Waals surface area contributed by atoms with Gasteiger partial charge in [-0.1, -0.05) is 0 Å². The van der Waals surface area contributed by atoms with Crippen molar-refractivity contribution in [2.24, 2.45) is 7.05 Å². The molecule has 1 amide bonds. The lowest BCUT2D eigenvalue weighted by Gasteiger charge is -2.30. The number of carbonyl (C=O) groups is 2. The highest BCUT2D eigenvalue weighted by molar-refractivity contribution is 7.11. The second-order valence-corrected chi connectivity index (χ2v) is 7.52. The number of hydrogen-bond acceptors (Lipinski definition) is 5. The minimum atomic E-state index is -0.0391. The fourth-order valence-corrected chi connectivity index (χ4v) is 4.32. The van der Waals surface area contributed by atoms with Crippen LogP contribution in [0.2, 0.25) is 0 Å². The van der Waals surface area contributed by atoms with Crippen LogP contribution in [0.1, 0.15) is 57.7 Å². The zero-order chi connectivity index (χ0) is 17.3. The maximum Gasteiger partial charge on any atom is 0.223 e. The predicted octanol–water partition coefficient (Wildman–Crippen LogP) is 2.68. The molecule has 0 saturated heterocycles. The summed E-state index contributed by atoms with van der Waals surface area (Å²) in [5.74, 6) is -0.0287. The Morgan fingerprint density at radius 3 is 2.92 bits per heavy atom. The molecule has 0 aliphatic heterocycles. The molecule has 0 fully saturated rings. The summed E-state index contributed by atoms with van der Waals surface area (Å²) in [7, 11) is 3.61. The third kappa shape index (κ3) is 3.40. The molecule has 24 heavy (non-hydrogen) atoms. The number of amides is 1. The molecule has 2 aromatic rings. The summed E-state index contributed by atoms with van der Waals surface area (Å²) in [5, 5.41) is 5.05. The minimum Gasteiger partial charge on any atom is -0.338 e. The molecule has 0 aromatic carbocycles. The normalized spacial score (nSPS) is 16.7. The van der Waals surface area contributed by atoms with Crippen molar-refractivity contribution in [3.63, 3.8) is 0 Å². The van der Waals surface area contributed by atoms with Crippen molar-refractivity contribution < 1.29 is 9.59 Å². The zero-order valence-electron chi connectivity index (χ0n) is 14.3. The van der Waals surface area contributed by atoms with Crippen molar-refractivity contribution in [2.75, 3.05) is 7.05 Å². The second kappa shape index (κ2) is 6.84. The SMILES string of the molecule is Cc1nc2c(s1)[C@H](N(C)C(=O)CCC(=O)c1cnn(C)c1)CCC2. The Labute approximate surface area is 145 Å². The molecule has 0 unspecified atom stereocenters. The van der Waals surface area contributed by atoms with Crippen LogP contribution in [-0.4, -0.2) is 38.4 Å². The molecule has 0 spiro atoms. The highest BCUT2D eigenvalue weighted by atomic mass is 32.1. The van der Waals surface area contributed by atoms with Crippen LogP contribution in [0.15, 0.2) is 12.4 Å². The molecule has 0 N–H and O–H groups in total. The van der Waals surface area contributed by atoms with Gasteiger partial charge < -0.3 is 4.90 Å². The van der Waals surface area contributed by atoms with E-state index in [0.717, 1.165) is 30.0 Å². The van der Waals surface area contributed by atoms with Crippen molar-refractivity contribution in [1.29, 1.82) is 0 Å². The molecule has 128 valence electrons. The summed E-state index contributed by atoms with van der Waals surface area (Å²) in [6, 6.07) is 0.0981. The van der Waals surface area contributed by atoms with E-state index >= 15 is 0 Å². The summed E-state index contributed by atoms with van der Waals surface area (Å²) in [5.41, 5.74) is 1.70. The molecular formula is C17H22N4O2S. The summed E-state index contributed by atoms with van der Waals surface area (Å²) in [4.78, 5) is 32.3. The van der Waals surface area contributed by atoms with E-state index in [4.69, 9.17) is 0 Å². The van der Waals surface area contributed by atoms with E-state index in [0.29, 0.717) is 5.56 Å². The number of nitrogens with zero attached hydrogens (tertiary/aromatic N) is 4. The van der Waals surface area contributed by atoms with Crippen LogP contribution in [0.5, 0.6) is 0 Å². The van der Waals surface area contributed by atoms with Gasteiger partial charge in [0.15, 0.2) is 5.78 Å². The van der Waals surface area contributed by atoms with Crippen LogP contribution in [-0.2, 0) is 18.3 Å². The molecule has 0 radical (unpaired) electrons. The van der Waals surface area contributed by atoms with Gasteiger partial charge in [-0.25, -0.2) is 4.98 Å². The Morgan fingerprint density at radius 2 is 2.21 bits per heavy atom. The standard InChI is InChI=1S/C17H22N4O2S/c1-11-19-13-5-4-6-14(17(13)24-11)21(3)16(23)8-7-15(22)12-9-18-20(2)10-12/h9-10,14H,4-8H2,1-3H3/t14-/m1/s1. The lowest BCUT2D eigenvalue weighted by molar-refractivity contribution is -0.132. The third-order valence-corrected chi connectivity index (χ3v) is 5.60. The molecule has 7 heteroatoms. The van der Waals surface area contributed by atoms with Crippen LogP contribution >= 0.6 is 11.3 Å². The van der Waals surface area contributed by atoms with Gasteiger partial charge in [-0.15, -0.1) is 11.3 Å². The first-order valence-electron chi connectivity index (χ1n) is 8.19. The first-order valence-corrected chi connectivity index (χ1v) is 9.01. The molecule has 1 aliphatic carbocycles. The van der Waals surface area contributed by atoms with Crippen LogP contribution in [0.25, 0.3) is 0 Å². The average Bonchev–Trinajstić information content (AvgIpc) is 3.15. The van der Waals surface area contributed by atoms with Gasteiger partial charge in [0.1, 0.15) is 0 Å². The summed E-state index contributed by atoms with van der Waals surface area (Å²) < 4.78 is 1.59. The van der Waals surface area contributed by atoms with Gasteiger partial charge in [-0.3, -0.25) is 14.3 Å². The summed E-state index contributed by atoms with van der Waals surface area (Å²) >= 11 is 1.69. The number of carbonyl (C=O) groups excluding carboxylic acids is 2. The Morgan fingerprint density at radius 1 is 1.42 bits per heavy atom. The number of aromatic nitrogens is 3. The molecule has 0 bridgehead atoms. The van der Waals surface area contributed by atoms with Gasteiger partial charge >= 0.3 is 0 Å². The van der Waals surface area contributed by atoms with Gasteiger partial charge in [0.2, 0.25) is 5.91 Å². The number of rotatable bonds is 5. The quantitative estimate of drug-likeness (QED) is 0.781. The van der Waals surface area contributed by atoms with Crippen LogP contribution in [0.4, 0.5) is 0 Å². The number of hydrogen-bond donors (Lipinski definition) is 0. The predicted molar refractivity (Wildman–Crippen MR) is 92.1 cm³/mol. The first-order chi connectivity index (χ1) is 11.5. The summed E-state index contributed by atoms with van der Waals surface area (Å²) in [6.07, 6.45) is 6.69. The molecule has 1 aliphatic rings. The van der Waals surface area contributed by atoms with Crippen LogP contribution < -0.4 is 0 Å². The smallest absolute Gasteiger partial charge is 0.223 e. The molecule has 6 nitrogen and oxygen atoms in total. The van der Waals surface area contributed by atoms with Gasteiger partial charge in [-0.05, 0) is 26.2 Å². The lowest BCUT2D eigenvalue weighted by Crippen LogP contribution is -2.33. The Balaban J connectivity index is 1.62. The van der Waals surface area contributed by atoms with Crippen LogP contribution in [0.3, 0.4) is 0 Å². The van der Waals surface area contributed by atoms with Gasteiger partial charge in [0.05, 0.1) is 33.4 Å². The first kappa shape index (κ1) is 16.8. The second-order valence-electron chi connectivity index (χ2n) is 6.28. The van der Waals surface area contributed by atoms with E-state index in [1.54, 1.807) is 40.4 Å². The number of fused-ring (bicyclic) bond motifs is 1. The molecule has 2 heterocycles. The molecule has 3 rings (SSSR count). The number of aryl methyl sites for hydroxylation is 3. The highest BCUT2D eigenvalue weighted by Crippen LogP contribution is 2.37. The van der Waals surface area contributed by atoms with Gasteiger partial charge in [-0.2, -0.15) is 5.10 Å². The molecule has 2 aromatic heterocycles. The van der Waals surface area contributed by atoms with Crippen molar-refractivity contribution in [3.8, 4) is 0 Å². The van der Waals surface area contributed by atoms with Crippen molar-refractivity contribution >= 4 is 23.0 Å². The van der Waals surface area contributed by atoms with E-state index in [2.05, 4.69) is 10.1 Å². The van der Waals surface area contributed by atoms with E-state index in [-0.39, 0.29) is 30.6 Å². The van der Waals surface area contributed by atoms with Crippen molar-refractivity contribution in [1.82, 2.24) is 19.7 Å². The Hall–Kier alpha value is -2.02. The number of Topliss-reactive ketones (excluding diaryl/α,β-unsaturated/α-hetero) is 1. The van der Waals surface area contributed by atoms with E-state index in [9.17, 15) is 9.59 Å². The Kier molecular flexibility index (Phi) is 4.80. The monoisotopic (exact) mass is 346 g/mol. The third-order valence-electron chi connectivity index (χ3n) is 4.48. The largest absolute Gasteiger partial charge is 0.338 e. The zero-order valence-corrected chi connectivity index (χ0v) is 15.1. The molecule has 1 atom stereocenters. The maximum absolute atomic E-state index is 12.5. The summed E-state index contributed by atoms with van der Waals surface area (Å²) in [6.45, 7) is 2.01. The van der Waals surface area contributed by atoms with E-state index in [1.807, 2.05) is 14.0 Å². The Bertz CT molecular complexity index is 764. The van der Waals surface area contributed by atoms with Gasteiger partial charge in [0.25, 0.3) is 0 Å². The van der Waals surface area contributed by atoms with Crippen molar-refractivity contribution in [3.05, 3.63) is 33.5 Å². The topological polar surface area (TPSA) is 68.1 Å².